The van der Waals surface area contributed by atoms with Gasteiger partial charge in [0.15, 0.2) is 0 Å². The Morgan fingerprint density at radius 1 is 1.12 bits per heavy atom. The molecule has 0 unspecified atom stereocenters. The molecule has 2 atom stereocenters. The maximum absolute atomic E-state index is 12.9. The third kappa shape index (κ3) is 6.05. The molecule has 1 fully saturated rings. The summed E-state index contributed by atoms with van der Waals surface area (Å²) in [7, 11) is 0. The number of carbonyl (C=O) groups is 1. The lowest BCUT2D eigenvalue weighted by atomic mass is 9.74. The monoisotopic (exact) mass is 485 g/mol. The second kappa shape index (κ2) is 10.6. The number of fused-ring (bicyclic) bond motifs is 2. The fourth-order valence-corrected chi connectivity index (χ4v) is 4.98. The second-order valence-electron chi connectivity index (χ2n) is 10.6. The lowest BCUT2D eigenvalue weighted by Gasteiger charge is -2.40. The van der Waals surface area contributed by atoms with Gasteiger partial charge in [-0.2, -0.15) is 0 Å². The van der Waals surface area contributed by atoms with Crippen molar-refractivity contribution in [2.45, 2.75) is 65.0 Å². The van der Waals surface area contributed by atoms with Crippen LogP contribution in [0.5, 0.6) is 5.75 Å². The standard InChI is InChI=1S/C28H36ClNO4/c1-28(2,3)34-27(32)20-10-12-26-25(15-20)30(17-22-7-8-23(22)18-31)16-21-9-11-24(29)14-19(21)6-4-5-13-33-26/h9-12,14-15,22-23,31H,4-8,13,16-18H2,1-3H3/t22-,23-/m0/s1. The molecule has 0 spiro atoms. The second-order valence-corrected chi connectivity index (χ2v) is 11.0. The number of carbonyl (C=O) groups excluding carboxylic acids is 1. The van der Waals surface area contributed by atoms with Crippen LogP contribution in [0.1, 0.15) is 67.9 Å². The van der Waals surface area contributed by atoms with Crippen molar-refractivity contribution in [2.24, 2.45) is 11.8 Å². The van der Waals surface area contributed by atoms with Gasteiger partial charge in [0.25, 0.3) is 0 Å². The van der Waals surface area contributed by atoms with E-state index in [0.717, 1.165) is 55.1 Å². The van der Waals surface area contributed by atoms with E-state index in [4.69, 9.17) is 21.1 Å². The van der Waals surface area contributed by atoms with Gasteiger partial charge in [-0.25, -0.2) is 4.79 Å². The first-order chi connectivity index (χ1) is 16.2. The van der Waals surface area contributed by atoms with E-state index in [1.54, 1.807) is 6.07 Å². The Kier molecular flexibility index (Phi) is 7.73. The maximum Gasteiger partial charge on any atom is 0.338 e. The average Bonchev–Trinajstić information content (AvgIpc) is 2.78. The van der Waals surface area contributed by atoms with Gasteiger partial charge >= 0.3 is 5.97 Å². The van der Waals surface area contributed by atoms with Crippen LogP contribution in [0.4, 0.5) is 5.69 Å². The van der Waals surface area contributed by atoms with Crippen LogP contribution in [0, 0.1) is 11.8 Å². The summed E-state index contributed by atoms with van der Waals surface area (Å²) in [5.74, 6) is 1.17. The minimum absolute atomic E-state index is 0.214. The molecule has 4 rings (SSSR count). The normalized spacial score (nSPS) is 20.8. The van der Waals surface area contributed by atoms with Gasteiger partial charge in [0, 0.05) is 24.7 Å². The highest BCUT2D eigenvalue weighted by Crippen LogP contribution is 2.39. The molecule has 0 bridgehead atoms. The number of esters is 1. The Bertz CT molecular complexity index is 1010. The van der Waals surface area contributed by atoms with Crippen molar-refractivity contribution in [3.05, 3.63) is 58.1 Å². The molecule has 1 saturated carbocycles. The number of halogens is 1. The maximum atomic E-state index is 12.9. The van der Waals surface area contributed by atoms with Crippen molar-refractivity contribution >= 4 is 23.3 Å². The van der Waals surface area contributed by atoms with E-state index in [-0.39, 0.29) is 12.6 Å². The highest BCUT2D eigenvalue weighted by Gasteiger charge is 2.33. The van der Waals surface area contributed by atoms with Crippen LogP contribution < -0.4 is 9.64 Å². The first-order valence-corrected chi connectivity index (χ1v) is 12.7. The van der Waals surface area contributed by atoms with Gasteiger partial charge in [-0.3, -0.25) is 0 Å². The van der Waals surface area contributed by atoms with Gasteiger partial charge in [-0.05, 0) is 106 Å². The fourth-order valence-electron chi connectivity index (χ4n) is 4.79. The van der Waals surface area contributed by atoms with E-state index in [2.05, 4.69) is 17.0 Å². The lowest BCUT2D eigenvalue weighted by molar-refractivity contribution is 0.00695. The summed E-state index contributed by atoms with van der Waals surface area (Å²) >= 11 is 6.34. The first kappa shape index (κ1) is 24.9. The van der Waals surface area contributed by atoms with Crippen LogP contribution in [0.2, 0.25) is 5.02 Å². The van der Waals surface area contributed by atoms with E-state index in [1.807, 2.05) is 39.0 Å². The van der Waals surface area contributed by atoms with Gasteiger partial charge in [0.2, 0.25) is 0 Å². The molecule has 0 saturated heterocycles. The fraction of sp³-hybridized carbons (Fsp3) is 0.536. The molecular formula is C28H36ClNO4. The molecule has 0 amide bonds. The average molecular weight is 486 g/mol. The predicted molar refractivity (Wildman–Crippen MR) is 136 cm³/mol. The quantitative estimate of drug-likeness (QED) is 0.535. The van der Waals surface area contributed by atoms with Crippen LogP contribution in [-0.4, -0.2) is 36.4 Å². The Morgan fingerprint density at radius 2 is 1.91 bits per heavy atom. The number of aliphatic hydroxyl groups is 1. The summed E-state index contributed by atoms with van der Waals surface area (Å²) in [5.41, 5.74) is 3.34. The highest BCUT2D eigenvalue weighted by molar-refractivity contribution is 6.30. The number of aliphatic hydroxyl groups excluding tert-OH is 1. The van der Waals surface area contributed by atoms with E-state index < -0.39 is 5.60 Å². The summed E-state index contributed by atoms with van der Waals surface area (Å²) in [6, 6.07) is 11.7. The molecule has 184 valence electrons. The molecule has 1 aliphatic heterocycles. The minimum atomic E-state index is -0.566. The molecule has 6 heteroatoms. The summed E-state index contributed by atoms with van der Waals surface area (Å²) in [4.78, 5) is 15.2. The Balaban J connectivity index is 1.74. The molecular weight excluding hydrogens is 450 g/mol. The van der Waals surface area contributed by atoms with Crippen LogP contribution in [0.3, 0.4) is 0 Å². The first-order valence-electron chi connectivity index (χ1n) is 12.4. The minimum Gasteiger partial charge on any atom is -0.491 e. The van der Waals surface area contributed by atoms with Crippen molar-refractivity contribution in [1.29, 1.82) is 0 Å². The van der Waals surface area contributed by atoms with E-state index in [9.17, 15) is 9.90 Å². The van der Waals surface area contributed by atoms with Gasteiger partial charge in [-0.1, -0.05) is 17.7 Å². The smallest absolute Gasteiger partial charge is 0.338 e. The number of ether oxygens (including phenoxy) is 2. The third-order valence-electron chi connectivity index (χ3n) is 6.83. The van der Waals surface area contributed by atoms with E-state index in [1.165, 1.54) is 11.1 Å². The Morgan fingerprint density at radius 3 is 2.62 bits per heavy atom. The van der Waals surface area contributed by atoms with Gasteiger partial charge < -0.3 is 19.5 Å². The van der Waals surface area contributed by atoms with Gasteiger partial charge in [0.1, 0.15) is 11.4 Å². The summed E-state index contributed by atoms with van der Waals surface area (Å²) in [5, 5.41) is 10.5. The third-order valence-corrected chi connectivity index (χ3v) is 7.06. The van der Waals surface area contributed by atoms with Crippen LogP contribution in [-0.2, 0) is 17.7 Å². The summed E-state index contributed by atoms with van der Waals surface area (Å²) in [6.45, 7) is 7.93. The zero-order chi connectivity index (χ0) is 24.3. The molecule has 2 aromatic carbocycles. The number of rotatable bonds is 4. The van der Waals surface area contributed by atoms with Crippen molar-refractivity contribution in [3.63, 3.8) is 0 Å². The van der Waals surface area contributed by atoms with Crippen molar-refractivity contribution < 1.29 is 19.4 Å². The Hall–Kier alpha value is -2.24. The topological polar surface area (TPSA) is 59.0 Å². The van der Waals surface area contributed by atoms with Gasteiger partial charge in [-0.15, -0.1) is 0 Å². The molecule has 1 aliphatic carbocycles. The molecule has 2 aromatic rings. The molecule has 5 nitrogen and oxygen atoms in total. The molecule has 1 heterocycles. The molecule has 1 N–H and O–H groups in total. The van der Waals surface area contributed by atoms with Crippen LogP contribution >= 0.6 is 11.6 Å². The van der Waals surface area contributed by atoms with Gasteiger partial charge in [0.05, 0.1) is 17.9 Å². The number of aryl methyl sites for hydroxylation is 1. The summed E-state index contributed by atoms with van der Waals surface area (Å²) < 4.78 is 11.9. The Labute approximate surface area is 208 Å². The largest absolute Gasteiger partial charge is 0.491 e. The highest BCUT2D eigenvalue weighted by atomic mass is 35.5. The molecule has 2 aliphatic rings. The molecule has 0 radical (unpaired) electrons. The summed E-state index contributed by atoms with van der Waals surface area (Å²) in [6.07, 6.45) is 5.07. The number of benzene rings is 2. The van der Waals surface area contributed by atoms with Crippen LogP contribution in [0.25, 0.3) is 0 Å². The van der Waals surface area contributed by atoms with Crippen molar-refractivity contribution in [2.75, 3.05) is 24.7 Å². The number of hydrogen-bond donors (Lipinski definition) is 1. The van der Waals surface area contributed by atoms with Crippen LogP contribution in [0.15, 0.2) is 36.4 Å². The zero-order valence-corrected chi connectivity index (χ0v) is 21.2. The van der Waals surface area contributed by atoms with E-state index >= 15 is 0 Å². The zero-order valence-electron chi connectivity index (χ0n) is 20.5. The number of nitrogens with zero attached hydrogens (tertiary/aromatic N) is 1. The van der Waals surface area contributed by atoms with Crippen molar-refractivity contribution in [1.82, 2.24) is 0 Å². The molecule has 34 heavy (non-hydrogen) atoms. The number of hydrogen-bond acceptors (Lipinski definition) is 5. The SMILES string of the molecule is CC(C)(C)OC(=O)c1ccc2c(c1)N(C[C@@H]1CC[C@H]1CO)Cc1ccc(Cl)cc1CCCCO2. The lowest BCUT2D eigenvalue weighted by Crippen LogP contribution is -2.39. The predicted octanol–water partition coefficient (Wildman–Crippen LogP) is 6.04. The number of anilines is 1. The van der Waals surface area contributed by atoms with E-state index in [0.29, 0.717) is 30.6 Å². The molecule has 0 aromatic heterocycles. The van der Waals surface area contributed by atoms with Crippen molar-refractivity contribution in [3.8, 4) is 5.75 Å².